The molecule has 2 aromatic rings. The zero-order valence-corrected chi connectivity index (χ0v) is 22.3. The van der Waals surface area contributed by atoms with Gasteiger partial charge in [-0.1, -0.05) is 30.3 Å². The van der Waals surface area contributed by atoms with E-state index in [0.29, 0.717) is 0 Å². The predicted molar refractivity (Wildman–Crippen MR) is 133 cm³/mol. The van der Waals surface area contributed by atoms with Gasteiger partial charge < -0.3 is 14.2 Å². The second-order valence-corrected chi connectivity index (χ2v) is 9.87. The van der Waals surface area contributed by atoms with Crippen LogP contribution >= 0.6 is 0 Å². The van der Waals surface area contributed by atoms with Crippen LogP contribution in [0.1, 0.15) is 42.3 Å². The average Bonchev–Trinajstić information content (AvgIpc) is 2.86. The number of ketones is 1. The Labute approximate surface area is 227 Å². The Hall–Kier alpha value is -4.16. The van der Waals surface area contributed by atoms with Crippen molar-refractivity contribution >= 4 is 29.4 Å². The first kappa shape index (κ1) is 30.4. The van der Waals surface area contributed by atoms with Crippen molar-refractivity contribution in [2.75, 3.05) is 31.7 Å². The van der Waals surface area contributed by atoms with Crippen LogP contribution < -0.4 is 9.64 Å². The van der Waals surface area contributed by atoms with Gasteiger partial charge in [-0.2, -0.15) is 13.2 Å². The van der Waals surface area contributed by atoms with Gasteiger partial charge in [-0.25, -0.2) is 9.18 Å². The number of anilines is 1. The maximum Gasteiger partial charge on any atom is 0.471 e. The van der Waals surface area contributed by atoms with Gasteiger partial charge in [0, 0.05) is 17.5 Å². The highest BCUT2D eigenvalue weighted by atomic mass is 19.4. The summed E-state index contributed by atoms with van der Waals surface area (Å²) in [4.78, 5) is 50.7. The summed E-state index contributed by atoms with van der Waals surface area (Å²) in [6.45, 7) is 2.23. The molecule has 1 heterocycles. The van der Waals surface area contributed by atoms with Crippen LogP contribution in [0, 0.1) is 5.82 Å². The molecule has 0 aliphatic carbocycles. The molecule has 0 spiro atoms. The number of rotatable bonds is 7. The second-order valence-electron chi connectivity index (χ2n) is 9.87. The molecule has 2 aromatic carbocycles. The summed E-state index contributed by atoms with van der Waals surface area (Å²) in [6, 6.07) is 9.85. The molecule has 40 heavy (non-hydrogen) atoms. The molecule has 1 aliphatic heterocycles. The van der Waals surface area contributed by atoms with E-state index in [1.54, 1.807) is 51.1 Å². The number of halogens is 4. The van der Waals surface area contributed by atoms with Gasteiger partial charge in [0.05, 0.1) is 26.8 Å². The molecule has 0 saturated carbocycles. The van der Waals surface area contributed by atoms with E-state index in [4.69, 9.17) is 9.47 Å². The lowest BCUT2D eigenvalue weighted by Crippen LogP contribution is -2.46. The third-order valence-corrected chi connectivity index (χ3v) is 5.71. The van der Waals surface area contributed by atoms with E-state index in [-0.39, 0.29) is 23.5 Å². The number of ether oxygens (including phenoxy) is 3. The third kappa shape index (κ3) is 7.27. The van der Waals surface area contributed by atoms with Gasteiger partial charge in [-0.05, 0) is 32.4 Å². The first-order valence-corrected chi connectivity index (χ1v) is 12.1. The minimum atomic E-state index is -5.50. The van der Waals surface area contributed by atoms with Gasteiger partial charge in [0.2, 0.25) is 0 Å². The standard InChI is InChI=1S/C27H28F4N2O7/c1-26(2,3)40-25(37)32-13-18-17(19(34)14-32)12-20(39-11-10-16-8-6-5-7-9-16)23(22(18)28)33(15-21(35)38-4)24(36)27(29,30)31/h5-9,12H,10-11,13-15H2,1-4H3. The molecule has 0 bridgehead atoms. The van der Waals surface area contributed by atoms with Crippen molar-refractivity contribution in [1.82, 2.24) is 4.90 Å². The monoisotopic (exact) mass is 568 g/mol. The molecular weight excluding hydrogens is 540 g/mol. The molecule has 0 fully saturated rings. The Bertz CT molecular complexity index is 1290. The SMILES string of the molecule is COC(=O)CN(C(=O)C(F)(F)F)c1c(OCCc2ccccc2)cc2c(c1F)CN(C(=O)OC(C)(C)C)CC2=O. The van der Waals surface area contributed by atoms with Crippen molar-refractivity contribution in [1.29, 1.82) is 0 Å². The van der Waals surface area contributed by atoms with Gasteiger partial charge in [-0.15, -0.1) is 0 Å². The molecule has 0 aromatic heterocycles. The molecule has 2 amide bonds. The number of Topliss-reactive ketones (excluding diaryl/α,β-unsaturated/α-hetero) is 1. The highest BCUT2D eigenvalue weighted by Gasteiger charge is 2.46. The number of nitrogens with zero attached hydrogens (tertiary/aromatic N) is 2. The van der Waals surface area contributed by atoms with Gasteiger partial charge >= 0.3 is 24.1 Å². The normalized spacial score (nSPS) is 13.4. The maximum absolute atomic E-state index is 16.1. The fraction of sp³-hybridized carbons (Fsp3) is 0.407. The van der Waals surface area contributed by atoms with Gasteiger partial charge in [0.1, 0.15) is 23.6 Å². The summed E-state index contributed by atoms with van der Waals surface area (Å²) in [6.07, 6.45) is -6.20. The smallest absolute Gasteiger partial charge is 0.471 e. The van der Waals surface area contributed by atoms with Crippen LogP contribution in [0.15, 0.2) is 36.4 Å². The fourth-order valence-corrected chi connectivity index (χ4v) is 3.90. The number of esters is 1. The molecule has 0 atom stereocenters. The highest BCUT2D eigenvalue weighted by molar-refractivity contribution is 6.05. The zero-order chi connectivity index (χ0) is 29.8. The summed E-state index contributed by atoms with van der Waals surface area (Å²) in [5.74, 6) is -6.55. The van der Waals surface area contributed by atoms with Gasteiger partial charge in [-0.3, -0.25) is 24.2 Å². The van der Waals surface area contributed by atoms with Crippen LogP contribution in [0.25, 0.3) is 0 Å². The Balaban J connectivity index is 2.12. The summed E-state index contributed by atoms with van der Waals surface area (Å²) >= 11 is 0. The second kappa shape index (κ2) is 11.9. The fourth-order valence-electron chi connectivity index (χ4n) is 3.90. The summed E-state index contributed by atoms with van der Waals surface area (Å²) in [5.41, 5.74) is -1.87. The molecule has 3 rings (SSSR count). The first-order valence-electron chi connectivity index (χ1n) is 12.1. The lowest BCUT2D eigenvalue weighted by atomic mass is 9.96. The molecular formula is C27H28F4N2O7. The average molecular weight is 569 g/mol. The predicted octanol–water partition coefficient (Wildman–Crippen LogP) is 4.45. The number of hydrogen-bond donors (Lipinski definition) is 0. The largest absolute Gasteiger partial charge is 0.491 e. The van der Waals surface area contributed by atoms with Crippen molar-refractivity contribution < 1.29 is 51.0 Å². The third-order valence-electron chi connectivity index (χ3n) is 5.71. The molecule has 0 N–H and O–H groups in total. The summed E-state index contributed by atoms with van der Waals surface area (Å²) < 4.78 is 72.1. The topological polar surface area (TPSA) is 102 Å². The number of alkyl halides is 3. The van der Waals surface area contributed by atoms with Crippen LogP contribution in [0.4, 0.5) is 28.0 Å². The maximum atomic E-state index is 16.1. The van der Waals surface area contributed by atoms with Crippen molar-refractivity contribution in [2.24, 2.45) is 0 Å². The van der Waals surface area contributed by atoms with E-state index in [1.165, 1.54) is 0 Å². The molecule has 0 saturated heterocycles. The summed E-state index contributed by atoms with van der Waals surface area (Å²) in [7, 11) is 0.885. The van der Waals surface area contributed by atoms with Crippen molar-refractivity contribution in [2.45, 2.75) is 45.5 Å². The number of carbonyl (C=O) groups is 4. The molecule has 13 heteroatoms. The molecule has 0 radical (unpaired) electrons. The van der Waals surface area contributed by atoms with Crippen molar-refractivity contribution in [3.63, 3.8) is 0 Å². The number of fused-ring (bicyclic) bond motifs is 1. The van der Waals surface area contributed by atoms with E-state index < -0.39 is 78.0 Å². The van der Waals surface area contributed by atoms with Crippen molar-refractivity contribution in [3.8, 4) is 5.75 Å². The van der Waals surface area contributed by atoms with Crippen LogP contribution in [0.3, 0.4) is 0 Å². The van der Waals surface area contributed by atoms with Gasteiger partial charge in [0.25, 0.3) is 0 Å². The Morgan fingerprint density at radius 3 is 2.27 bits per heavy atom. The van der Waals surface area contributed by atoms with Crippen LogP contribution in [-0.4, -0.2) is 67.2 Å². The van der Waals surface area contributed by atoms with Crippen LogP contribution in [-0.2, 0) is 32.0 Å². The van der Waals surface area contributed by atoms with Crippen LogP contribution in [0.5, 0.6) is 5.75 Å². The Morgan fingerprint density at radius 1 is 1.05 bits per heavy atom. The van der Waals surface area contributed by atoms with E-state index >= 15 is 4.39 Å². The Morgan fingerprint density at radius 2 is 1.70 bits per heavy atom. The van der Waals surface area contributed by atoms with E-state index in [1.807, 2.05) is 0 Å². The van der Waals surface area contributed by atoms with Gasteiger partial charge in [0.15, 0.2) is 11.6 Å². The molecule has 1 aliphatic rings. The molecule has 0 unspecified atom stereocenters. The minimum Gasteiger partial charge on any atom is -0.491 e. The van der Waals surface area contributed by atoms with Crippen molar-refractivity contribution in [3.05, 3.63) is 58.9 Å². The molecule has 9 nitrogen and oxygen atoms in total. The summed E-state index contributed by atoms with van der Waals surface area (Å²) in [5, 5.41) is 0. The minimum absolute atomic E-state index is 0.143. The highest BCUT2D eigenvalue weighted by Crippen LogP contribution is 2.40. The number of hydrogen-bond acceptors (Lipinski definition) is 7. The Kier molecular flexibility index (Phi) is 9.06. The number of methoxy groups -OCH3 is 1. The lowest BCUT2D eigenvalue weighted by molar-refractivity contribution is -0.171. The lowest BCUT2D eigenvalue weighted by Gasteiger charge is -2.32. The van der Waals surface area contributed by atoms with E-state index in [9.17, 15) is 32.3 Å². The quantitative estimate of drug-likeness (QED) is 0.359. The number of carbonyl (C=O) groups excluding carboxylic acids is 4. The number of amides is 2. The molecule has 216 valence electrons. The van der Waals surface area contributed by atoms with E-state index in [0.717, 1.165) is 23.6 Å². The zero-order valence-electron chi connectivity index (χ0n) is 22.3. The van der Waals surface area contributed by atoms with E-state index in [2.05, 4.69) is 4.74 Å². The number of benzene rings is 2. The van der Waals surface area contributed by atoms with Crippen LogP contribution in [0.2, 0.25) is 0 Å². The first-order chi connectivity index (χ1) is 18.6.